The van der Waals surface area contributed by atoms with E-state index in [0.29, 0.717) is 32.6 Å². The van der Waals surface area contributed by atoms with Crippen LogP contribution in [0.5, 0.6) is 11.5 Å². The number of carbonyl (C=O) groups is 1. The van der Waals surface area contributed by atoms with Crippen LogP contribution in [0, 0.1) is 0 Å². The number of aryl methyl sites for hydroxylation is 1. The molecule has 0 spiro atoms. The molecule has 0 saturated carbocycles. The zero-order valence-corrected chi connectivity index (χ0v) is 15.6. The van der Waals surface area contributed by atoms with Gasteiger partial charge in [0.25, 0.3) is 0 Å². The van der Waals surface area contributed by atoms with E-state index in [9.17, 15) is 4.79 Å². The average molecular weight is 353 g/mol. The predicted octanol–water partition coefficient (Wildman–Crippen LogP) is 4.22. The van der Waals surface area contributed by atoms with E-state index in [1.54, 1.807) is 0 Å². The van der Waals surface area contributed by atoms with Crippen molar-refractivity contribution in [2.75, 3.05) is 13.2 Å². The summed E-state index contributed by atoms with van der Waals surface area (Å²) in [5, 5.41) is 0. The molecule has 0 saturated heterocycles. The quantitative estimate of drug-likeness (QED) is 0.748. The van der Waals surface area contributed by atoms with Crippen LogP contribution in [0.3, 0.4) is 0 Å². The number of nitrogens with zero attached hydrogens (tertiary/aromatic N) is 1. The fraction of sp³-hybridized carbons (Fsp3) is 0.409. The van der Waals surface area contributed by atoms with Crippen LogP contribution in [-0.2, 0) is 17.8 Å². The lowest BCUT2D eigenvalue weighted by molar-refractivity contribution is -0.134. The first-order valence-electron chi connectivity index (χ1n) is 9.39. The smallest absolute Gasteiger partial charge is 0.223 e. The molecule has 1 heterocycles. The first-order valence-corrected chi connectivity index (χ1v) is 9.39. The van der Waals surface area contributed by atoms with E-state index in [-0.39, 0.29) is 11.9 Å². The summed E-state index contributed by atoms with van der Waals surface area (Å²) in [6.07, 6.45) is 2.15. The van der Waals surface area contributed by atoms with Gasteiger partial charge in [-0.15, -0.1) is 0 Å². The normalized spacial score (nSPS) is 13.9. The van der Waals surface area contributed by atoms with E-state index in [2.05, 4.69) is 26.0 Å². The first-order chi connectivity index (χ1) is 12.7. The summed E-state index contributed by atoms with van der Waals surface area (Å²) < 4.78 is 11.2. The molecule has 1 atom stereocenters. The average Bonchev–Trinajstić information content (AvgIpc) is 2.70. The first kappa shape index (κ1) is 18.3. The van der Waals surface area contributed by atoms with Crippen molar-refractivity contribution in [3.63, 3.8) is 0 Å². The number of fused-ring (bicyclic) bond motifs is 1. The molecule has 1 unspecified atom stereocenters. The second-order valence-corrected chi connectivity index (χ2v) is 6.74. The van der Waals surface area contributed by atoms with Crippen LogP contribution in [0.4, 0.5) is 0 Å². The summed E-state index contributed by atoms with van der Waals surface area (Å²) in [6, 6.07) is 16.4. The molecule has 3 rings (SSSR count). The van der Waals surface area contributed by atoms with E-state index in [1.807, 2.05) is 41.3 Å². The Labute approximate surface area is 155 Å². The van der Waals surface area contributed by atoms with Crippen molar-refractivity contribution >= 4 is 5.91 Å². The van der Waals surface area contributed by atoms with Gasteiger partial charge in [-0.25, -0.2) is 0 Å². The third-order valence-corrected chi connectivity index (χ3v) is 4.87. The largest absolute Gasteiger partial charge is 0.486 e. The second-order valence-electron chi connectivity index (χ2n) is 6.74. The maximum atomic E-state index is 12.9. The number of ether oxygens (including phenoxy) is 2. The molecule has 1 aliphatic rings. The van der Waals surface area contributed by atoms with Crippen molar-refractivity contribution in [3.05, 3.63) is 59.7 Å². The molecular formula is C22H27NO3. The van der Waals surface area contributed by atoms with E-state index in [1.165, 1.54) is 5.56 Å². The van der Waals surface area contributed by atoms with Gasteiger partial charge in [0.15, 0.2) is 11.5 Å². The molecule has 0 aliphatic carbocycles. The number of carbonyl (C=O) groups excluding carboxylic acids is 1. The molecule has 0 fully saturated rings. The van der Waals surface area contributed by atoms with Crippen molar-refractivity contribution in [2.24, 2.45) is 0 Å². The Hall–Kier alpha value is -2.49. The van der Waals surface area contributed by atoms with Gasteiger partial charge in [0.05, 0.1) is 0 Å². The third kappa shape index (κ3) is 4.57. The summed E-state index contributed by atoms with van der Waals surface area (Å²) in [5.41, 5.74) is 2.27. The van der Waals surface area contributed by atoms with Gasteiger partial charge in [0.1, 0.15) is 13.2 Å². The minimum atomic E-state index is 0.193. The number of hydrogen-bond donors (Lipinski definition) is 0. The highest BCUT2D eigenvalue weighted by Crippen LogP contribution is 2.31. The summed E-state index contributed by atoms with van der Waals surface area (Å²) in [6.45, 7) is 6.07. The molecule has 4 heteroatoms. The minimum absolute atomic E-state index is 0.193. The Morgan fingerprint density at radius 3 is 2.50 bits per heavy atom. The highest BCUT2D eigenvalue weighted by Gasteiger charge is 2.19. The maximum absolute atomic E-state index is 12.9. The topological polar surface area (TPSA) is 38.8 Å². The lowest BCUT2D eigenvalue weighted by Crippen LogP contribution is -2.37. The SMILES string of the molecule is CCC(C)N(Cc1ccccc1)C(=O)CCc1ccc2c(c1)OCCO2. The molecule has 2 aromatic carbocycles. The van der Waals surface area contributed by atoms with Crippen LogP contribution in [0.15, 0.2) is 48.5 Å². The molecule has 2 aromatic rings. The van der Waals surface area contributed by atoms with Gasteiger partial charge in [-0.2, -0.15) is 0 Å². The van der Waals surface area contributed by atoms with Gasteiger partial charge < -0.3 is 14.4 Å². The van der Waals surface area contributed by atoms with E-state index >= 15 is 0 Å². The van der Waals surface area contributed by atoms with E-state index in [0.717, 1.165) is 23.5 Å². The van der Waals surface area contributed by atoms with Gasteiger partial charge in [-0.1, -0.05) is 43.3 Å². The molecule has 138 valence electrons. The summed E-state index contributed by atoms with van der Waals surface area (Å²) in [7, 11) is 0. The molecule has 0 N–H and O–H groups in total. The lowest BCUT2D eigenvalue weighted by atomic mass is 10.1. The highest BCUT2D eigenvalue weighted by atomic mass is 16.6. The Morgan fingerprint density at radius 2 is 1.77 bits per heavy atom. The summed E-state index contributed by atoms with van der Waals surface area (Å²) in [4.78, 5) is 14.9. The molecule has 26 heavy (non-hydrogen) atoms. The molecule has 1 amide bonds. The number of benzene rings is 2. The van der Waals surface area contributed by atoms with Gasteiger partial charge in [0, 0.05) is 19.0 Å². The van der Waals surface area contributed by atoms with Crippen LogP contribution in [-0.4, -0.2) is 30.1 Å². The monoisotopic (exact) mass is 353 g/mol. The standard InChI is InChI=1S/C22H27NO3/c1-3-17(2)23(16-19-7-5-4-6-8-19)22(24)12-10-18-9-11-20-21(15-18)26-14-13-25-20/h4-9,11,15,17H,3,10,12-14,16H2,1-2H3. The Kier molecular flexibility index (Phi) is 6.16. The van der Waals surface area contributed by atoms with Gasteiger partial charge in [0.2, 0.25) is 5.91 Å². The maximum Gasteiger partial charge on any atom is 0.223 e. The van der Waals surface area contributed by atoms with Gasteiger partial charge in [-0.3, -0.25) is 4.79 Å². The van der Waals surface area contributed by atoms with Crippen molar-refractivity contribution in [3.8, 4) is 11.5 Å². The van der Waals surface area contributed by atoms with Crippen LogP contribution in [0.2, 0.25) is 0 Å². The van der Waals surface area contributed by atoms with E-state index in [4.69, 9.17) is 9.47 Å². The predicted molar refractivity (Wildman–Crippen MR) is 102 cm³/mol. The number of rotatable bonds is 7. The lowest BCUT2D eigenvalue weighted by Gasteiger charge is -2.29. The third-order valence-electron chi connectivity index (χ3n) is 4.87. The molecule has 4 nitrogen and oxygen atoms in total. The highest BCUT2D eigenvalue weighted by molar-refractivity contribution is 5.76. The fourth-order valence-corrected chi connectivity index (χ4v) is 3.13. The number of amides is 1. The van der Waals surface area contributed by atoms with Crippen molar-refractivity contribution in [1.29, 1.82) is 0 Å². The summed E-state index contributed by atoms with van der Waals surface area (Å²) >= 11 is 0. The molecule has 0 bridgehead atoms. The van der Waals surface area contributed by atoms with Gasteiger partial charge >= 0.3 is 0 Å². The molecule has 1 aliphatic heterocycles. The Bertz CT molecular complexity index is 729. The number of hydrogen-bond acceptors (Lipinski definition) is 3. The van der Waals surface area contributed by atoms with Crippen molar-refractivity contribution in [2.45, 2.75) is 45.7 Å². The Morgan fingerprint density at radius 1 is 1.04 bits per heavy atom. The minimum Gasteiger partial charge on any atom is -0.486 e. The van der Waals surface area contributed by atoms with Crippen LogP contribution < -0.4 is 9.47 Å². The summed E-state index contributed by atoms with van der Waals surface area (Å²) in [5.74, 6) is 1.76. The van der Waals surface area contributed by atoms with Crippen LogP contribution in [0.25, 0.3) is 0 Å². The Balaban J connectivity index is 1.64. The van der Waals surface area contributed by atoms with Crippen molar-refractivity contribution in [1.82, 2.24) is 4.90 Å². The van der Waals surface area contributed by atoms with Crippen LogP contribution >= 0.6 is 0 Å². The van der Waals surface area contributed by atoms with Crippen molar-refractivity contribution < 1.29 is 14.3 Å². The fourth-order valence-electron chi connectivity index (χ4n) is 3.13. The molecule has 0 radical (unpaired) electrons. The molecule has 0 aromatic heterocycles. The zero-order chi connectivity index (χ0) is 18.4. The second kappa shape index (κ2) is 8.75. The van der Waals surface area contributed by atoms with Gasteiger partial charge in [-0.05, 0) is 43.0 Å². The molecular weight excluding hydrogens is 326 g/mol. The zero-order valence-electron chi connectivity index (χ0n) is 15.6. The van der Waals surface area contributed by atoms with Crippen LogP contribution in [0.1, 0.15) is 37.8 Å². The van der Waals surface area contributed by atoms with E-state index < -0.39 is 0 Å².